The second-order valence-electron chi connectivity index (χ2n) is 4.84. The van der Waals surface area contributed by atoms with Crippen LogP contribution in [0.5, 0.6) is 5.75 Å². The predicted octanol–water partition coefficient (Wildman–Crippen LogP) is 4.29. The Hall–Kier alpha value is -1.91. The molecule has 2 aromatic rings. The molecule has 2 aromatic carbocycles. The van der Waals surface area contributed by atoms with E-state index in [0.717, 1.165) is 5.56 Å². The highest BCUT2D eigenvalue weighted by atomic mass is 35.5. The largest absolute Gasteiger partial charge is 0.479 e. The SMILES string of the molecule is Cc1c(N)cccc1NC(=O)C(C)Oc1ccc(Cl)cc1Cl. The normalized spacial score (nSPS) is 11.8. The fourth-order valence-corrected chi connectivity index (χ4v) is 2.29. The summed E-state index contributed by atoms with van der Waals surface area (Å²) in [6, 6.07) is 10.2. The molecule has 0 radical (unpaired) electrons. The molecule has 0 saturated heterocycles. The Morgan fingerprint density at radius 2 is 2.00 bits per heavy atom. The summed E-state index contributed by atoms with van der Waals surface area (Å²) >= 11 is 11.9. The third kappa shape index (κ3) is 3.84. The zero-order valence-electron chi connectivity index (χ0n) is 12.2. The molecule has 0 aliphatic rings. The van der Waals surface area contributed by atoms with Crippen molar-refractivity contribution >= 4 is 40.5 Å². The molecular formula is C16H16Cl2N2O2. The second-order valence-corrected chi connectivity index (χ2v) is 5.69. The molecule has 0 heterocycles. The molecule has 0 aliphatic heterocycles. The minimum atomic E-state index is -0.723. The third-order valence-electron chi connectivity index (χ3n) is 3.20. The van der Waals surface area contributed by atoms with E-state index < -0.39 is 6.10 Å². The average molecular weight is 339 g/mol. The van der Waals surface area contributed by atoms with Gasteiger partial charge in [0, 0.05) is 16.4 Å². The molecule has 1 atom stereocenters. The molecule has 0 spiro atoms. The van der Waals surface area contributed by atoms with E-state index in [-0.39, 0.29) is 5.91 Å². The van der Waals surface area contributed by atoms with E-state index in [1.807, 2.05) is 6.92 Å². The summed E-state index contributed by atoms with van der Waals surface area (Å²) in [4.78, 5) is 12.2. The Morgan fingerprint density at radius 3 is 2.68 bits per heavy atom. The molecule has 0 bridgehead atoms. The second kappa shape index (κ2) is 6.90. The molecule has 116 valence electrons. The number of hydrogen-bond acceptors (Lipinski definition) is 3. The summed E-state index contributed by atoms with van der Waals surface area (Å²) in [5.74, 6) is 0.109. The Labute approximate surface area is 139 Å². The topological polar surface area (TPSA) is 64.3 Å². The van der Waals surface area contributed by atoms with Gasteiger partial charge in [-0.3, -0.25) is 4.79 Å². The van der Waals surface area contributed by atoms with Crippen LogP contribution in [0.3, 0.4) is 0 Å². The van der Waals surface area contributed by atoms with E-state index >= 15 is 0 Å². The molecule has 0 saturated carbocycles. The van der Waals surface area contributed by atoms with Crippen LogP contribution in [-0.4, -0.2) is 12.0 Å². The Kier molecular flexibility index (Phi) is 5.16. The van der Waals surface area contributed by atoms with Crippen LogP contribution in [0.1, 0.15) is 12.5 Å². The van der Waals surface area contributed by atoms with Crippen molar-refractivity contribution in [3.63, 3.8) is 0 Å². The van der Waals surface area contributed by atoms with Gasteiger partial charge in [0.25, 0.3) is 5.91 Å². The minimum absolute atomic E-state index is 0.292. The van der Waals surface area contributed by atoms with Crippen molar-refractivity contribution in [1.82, 2.24) is 0 Å². The highest BCUT2D eigenvalue weighted by molar-refractivity contribution is 6.35. The molecule has 3 N–H and O–H groups in total. The molecule has 0 fully saturated rings. The maximum Gasteiger partial charge on any atom is 0.265 e. The van der Waals surface area contributed by atoms with Gasteiger partial charge in [0.05, 0.1) is 5.02 Å². The molecule has 2 rings (SSSR count). The van der Waals surface area contributed by atoms with Crippen LogP contribution >= 0.6 is 23.2 Å². The number of halogens is 2. The standard InChI is InChI=1S/C16H16Cl2N2O2/c1-9-13(19)4-3-5-14(9)20-16(21)10(2)22-15-7-6-11(17)8-12(15)18/h3-8,10H,19H2,1-2H3,(H,20,21). The van der Waals surface area contributed by atoms with Crippen molar-refractivity contribution in [3.05, 3.63) is 52.0 Å². The average Bonchev–Trinajstić information content (AvgIpc) is 2.46. The zero-order chi connectivity index (χ0) is 16.3. The summed E-state index contributed by atoms with van der Waals surface area (Å²) in [5, 5.41) is 3.65. The number of rotatable bonds is 4. The number of carbonyl (C=O) groups is 1. The maximum atomic E-state index is 12.2. The first-order valence-corrected chi connectivity index (χ1v) is 7.41. The number of carbonyl (C=O) groups excluding carboxylic acids is 1. The summed E-state index contributed by atoms with van der Waals surface area (Å²) in [6.45, 7) is 3.48. The van der Waals surface area contributed by atoms with E-state index in [1.165, 1.54) is 0 Å². The molecule has 1 unspecified atom stereocenters. The summed E-state index contributed by atoms with van der Waals surface area (Å²) < 4.78 is 5.57. The number of nitrogen functional groups attached to an aromatic ring is 1. The van der Waals surface area contributed by atoms with Crippen molar-refractivity contribution in [2.45, 2.75) is 20.0 Å². The van der Waals surface area contributed by atoms with Crippen LogP contribution in [0.15, 0.2) is 36.4 Å². The van der Waals surface area contributed by atoms with Gasteiger partial charge in [0.15, 0.2) is 6.10 Å². The van der Waals surface area contributed by atoms with Crippen LogP contribution in [0, 0.1) is 6.92 Å². The van der Waals surface area contributed by atoms with Crippen LogP contribution in [0.25, 0.3) is 0 Å². The molecule has 6 heteroatoms. The first-order valence-electron chi connectivity index (χ1n) is 6.66. The summed E-state index contributed by atoms with van der Waals surface area (Å²) in [7, 11) is 0. The quantitative estimate of drug-likeness (QED) is 0.817. The van der Waals surface area contributed by atoms with Gasteiger partial charge in [0.2, 0.25) is 0 Å². The highest BCUT2D eigenvalue weighted by Crippen LogP contribution is 2.28. The van der Waals surface area contributed by atoms with Crippen LogP contribution in [-0.2, 0) is 4.79 Å². The fourth-order valence-electron chi connectivity index (χ4n) is 1.84. The lowest BCUT2D eigenvalue weighted by atomic mass is 10.1. The van der Waals surface area contributed by atoms with E-state index in [9.17, 15) is 4.79 Å². The molecule has 4 nitrogen and oxygen atoms in total. The number of benzene rings is 2. The van der Waals surface area contributed by atoms with E-state index in [4.69, 9.17) is 33.7 Å². The number of nitrogens with one attached hydrogen (secondary N) is 1. The first-order chi connectivity index (χ1) is 10.4. The van der Waals surface area contributed by atoms with Crippen molar-refractivity contribution in [1.29, 1.82) is 0 Å². The lowest BCUT2D eigenvalue weighted by molar-refractivity contribution is -0.122. The van der Waals surface area contributed by atoms with Gasteiger partial charge >= 0.3 is 0 Å². The van der Waals surface area contributed by atoms with Crippen molar-refractivity contribution in [3.8, 4) is 5.75 Å². The summed E-state index contributed by atoms with van der Waals surface area (Å²) in [6.07, 6.45) is -0.723. The third-order valence-corrected chi connectivity index (χ3v) is 3.73. The van der Waals surface area contributed by atoms with Crippen molar-refractivity contribution < 1.29 is 9.53 Å². The Balaban J connectivity index is 2.07. The number of hydrogen-bond donors (Lipinski definition) is 2. The molecular weight excluding hydrogens is 323 g/mol. The highest BCUT2D eigenvalue weighted by Gasteiger charge is 2.17. The fraction of sp³-hybridized carbons (Fsp3) is 0.188. The van der Waals surface area contributed by atoms with Gasteiger partial charge in [-0.2, -0.15) is 0 Å². The number of amides is 1. The van der Waals surface area contributed by atoms with E-state index in [1.54, 1.807) is 43.3 Å². The van der Waals surface area contributed by atoms with E-state index in [2.05, 4.69) is 5.32 Å². The lowest BCUT2D eigenvalue weighted by Crippen LogP contribution is -2.30. The summed E-state index contributed by atoms with van der Waals surface area (Å²) in [5.41, 5.74) is 7.90. The van der Waals surface area contributed by atoms with Gasteiger partial charge in [-0.15, -0.1) is 0 Å². The van der Waals surface area contributed by atoms with Crippen LogP contribution in [0.2, 0.25) is 10.0 Å². The first kappa shape index (κ1) is 16.5. The Bertz CT molecular complexity index is 705. The van der Waals surface area contributed by atoms with Crippen molar-refractivity contribution in [2.24, 2.45) is 0 Å². The van der Waals surface area contributed by atoms with Crippen molar-refractivity contribution in [2.75, 3.05) is 11.1 Å². The molecule has 0 aromatic heterocycles. The monoisotopic (exact) mass is 338 g/mol. The minimum Gasteiger partial charge on any atom is -0.479 e. The van der Waals surface area contributed by atoms with Gasteiger partial charge in [-0.1, -0.05) is 29.3 Å². The number of anilines is 2. The molecule has 22 heavy (non-hydrogen) atoms. The van der Waals surface area contributed by atoms with Crippen LogP contribution < -0.4 is 15.8 Å². The number of ether oxygens (including phenoxy) is 1. The van der Waals surface area contributed by atoms with Gasteiger partial charge in [-0.25, -0.2) is 0 Å². The van der Waals surface area contributed by atoms with Gasteiger partial charge in [-0.05, 0) is 49.7 Å². The zero-order valence-corrected chi connectivity index (χ0v) is 13.7. The smallest absolute Gasteiger partial charge is 0.265 e. The molecule has 1 amide bonds. The lowest BCUT2D eigenvalue weighted by Gasteiger charge is -2.17. The maximum absolute atomic E-state index is 12.2. The molecule has 0 aliphatic carbocycles. The van der Waals surface area contributed by atoms with Gasteiger partial charge < -0.3 is 15.8 Å². The van der Waals surface area contributed by atoms with E-state index in [0.29, 0.717) is 27.2 Å². The number of nitrogens with two attached hydrogens (primary N) is 1. The predicted molar refractivity (Wildman–Crippen MR) is 90.8 cm³/mol. The van der Waals surface area contributed by atoms with Gasteiger partial charge in [0.1, 0.15) is 5.75 Å². The van der Waals surface area contributed by atoms with Crippen LogP contribution in [0.4, 0.5) is 11.4 Å². The Morgan fingerprint density at radius 1 is 1.27 bits per heavy atom.